The minimum Gasteiger partial charge on any atom is -0.350 e. The summed E-state index contributed by atoms with van der Waals surface area (Å²) < 4.78 is 13.8. The standard InChI is InChI=1S/C16H16FN3O2S/c17-13-3-1-2-4-14(13)20-7-6-19(16(20)22)10-15(21)18-9-12-5-8-23-11-12/h1-5,8,11H,6-7,9-10H2,(H,18,21). The first-order valence-corrected chi connectivity index (χ1v) is 8.18. The molecule has 0 atom stereocenters. The van der Waals surface area contributed by atoms with Gasteiger partial charge in [0.1, 0.15) is 12.4 Å². The fourth-order valence-electron chi connectivity index (χ4n) is 2.45. The number of rotatable bonds is 5. The number of hydrogen-bond donors (Lipinski definition) is 1. The Morgan fingerprint density at radius 3 is 2.83 bits per heavy atom. The maximum atomic E-state index is 13.8. The van der Waals surface area contributed by atoms with Gasteiger partial charge in [0.15, 0.2) is 0 Å². The predicted octanol–water partition coefficient (Wildman–Crippen LogP) is 2.45. The zero-order valence-corrected chi connectivity index (χ0v) is 13.2. The zero-order valence-electron chi connectivity index (χ0n) is 12.4. The fraction of sp³-hybridized carbons (Fsp3) is 0.250. The molecule has 120 valence electrons. The van der Waals surface area contributed by atoms with Gasteiger partial charge in [-0.2, -0.15) is 11.3 Å². The number of anilines is 1. The zero-order chi connectivity index (χ0) is 16.2. The van der Waals surface area contributed by atoms with E-state index in [0.717, 1.165) is 5.56 Å². The Labute approximate surface area is 137 Å². The van der Waals surface area contributed by atoms with Crippen LogP contribution in [0.2, 0.25) is 0 Å². The minimum atomic E-state index is -0.440. The summed E-state index contributed by atoms with van der Waals surface area (Å²) in [6.45, 7) is 1.20. The van der Waals surface area contributed by atoms with Gasteiger partial charge in [0.05, 0.1) is 5.69 Å². The number of carbonyl (C=O) groups is 2. The van der Waals surface area contributed by atoms with Crippen molar-refractivity contribution >= 4 is 29.0 Å². The van der Waals surface area contributed by atoms with Crippen LogP contribution >= 0.6 is 11.3 Å². The number of benzene rings is 1. The van der Waals surface area contributed by atoms with Crippen molar-refractivity contribution in [2.75, 3.05) is 24.5 Å². The molecule has 5 nitrogen and oxygen atoms in total. The van der Waals surface area contributed by atoms with Crippen LogP contribution in [0.5, 0.6) is 0 Å². The third kappa shape index (κ3) is 3.50. The van der Waals surface area contributed by atoms with E-state index < -0.39 is 5.82 Å². The minimum absolute atomic E-state index is 0.0199. The molecule has 0 spiro atoms. The third-order valence-corrected chi connectivity index (χ3v) is 4.37. The summed E-state index contributed by atoms with van der Waals surface area (Å²) in [7, 11) is 0. The molecule has 1 aromatic heterocycles. The second-order valence-corrected chi connectivity index (χ2v) is 6.00. The average molecular weight is 333 g/mol. The average Bonchev–Trinajstić information content (AvgIpc) is 3.17. The van der Waals surface area contributed by atoms with Crippen LogP contribution in [0.1, 0.15) is 5.56 Å². The molecule has 0 unspecified atom stereocenters. The third-order valence-electron chi connectivity index (χ3n) is 3.64. The van der Waals surface area contributed by atoms with Crippen molar-refractivity contribution in [3.8, 4) is 0 Å². The summed E-state index contributed by atoms with van der Waals surface area (Å²) >= 11 is 1.57. The fourth-order valence-corrected chi connectivity index (χ4v) is 3.12. The molecule has 23 heavy (non-hydrogen) atoms. The lowest BCUT2D eigenvalue weighted by molar-refractivity contribution is -0.121. The van der Waals surface area contributed by atoms with E-state index in [0.29, 0.717) is 19.6 Å². The van der Waals surface area contributed by atoms with E-state index in [4.69, 9.17) is 0 Å². The van der Waals surface area contributed by atoms with E-state index in [9.17, 15) is 14.0 Å². The summed E-state index contributed by atoms with van der Waals surface area (Å²) in [5.41, 5.74) is 1.28. The molecule has 1 aliphatic rings. The van der Waals surface area contributed by atoms with Gasteiger partial charge in [0.25, 0.3) is 0 Å². The topological polar surface area (TPSA) is 52.7 Å². The maximum Gasteiger partial charge on any atom is 0.325 e. The number of amides is 3. The highest BCUT2D eigenvalue weighted by molar-refractivity contribution is 7.07. The van der Waals surface area contributed by atoms with Crippen molar-refractivity contribution in [1.29, 1.82) is 0 Å². The summed E-state index contributed by atoms with van der Waals surface area (Å²) in [5.74, 6) is -0.662. The van der Waals surface area contributed by atoms with Crippen molar-refractivity contribution in [3.63, 3.8) is 0 Å². The highest BCUT2D eigenvalue weighted by atomic mass is 32.1. The van der Waals surface area contributed by atoms with Crippen molar-refractivity contribution in [3.05, 3.63) is 52.5 Å². The Bertz CT molecular complexity index is 705. The molecule has 0 radical (unpaired) electrons. The lowest BCUT2D eigenvalue weighted by atomic mass is 10.3. The molecule has 0 bridgehead atoms. The molecule has 7 heteroatoms. The smallest absolute Gasteiger partial charge is 0.325 e. The predicted molar refractivity (Wildman–Crippen MR) is 86.9 cm³/mol. The lowest BCUT2D eigenvalue weighted by Crippen LogP contribution is -2.39. The quantitative estimate of drug-likeness (QED) is 0.914. The van der Waals surface area contributed by atoms with Gasteiger partial charge in [-0.1, -0.05) is 12.1 Å². The normalized spacial score (nSPS) is 14.4. The highest BCUT2D eigenvalue weighted by Crippen LogP contribution is 2.23. The Morgan fingerprint density at radius 1 is 1.26 bits per heavy atom. The van der Waals surface area contributed by atoms with Gasteiger partial charge < -0.3 is 10.2 Å². The molecule has 2 aromatic rings. The monoisotopic (exact) mass is 333 g/mol. The summed E-state index contributed by atoms with van der Waals surface area (Å²) in [4.78, 5) is 27.1. The lowest BCUT2D eigenvalue weighted by Gasteiger charge is -2.18. The van der Waals surface area contributed by atoms with Crippen molar-refractivity contribution < 1.29 is 14.0 Å². The molecule has 0 aliphatic carbocycles. The number of carbonyl (C=O) groups excluding carboxylic acids is 2. The van der Waals surface area contributed by atoms with E-state index in [1.807, 2.05) is 16.8 Å². The van der Waals surface area contributed by atoms with Gasteiger partial charge in [-0.25, -0.2) is 9.18 Å². The van der Waals surface area contributed by atoms with Crippen LogP contribution in [0.3, 0.4) is 0 Å². The number of para-hydroxylation sites is 1. The van der Waals surface area contributed by atoms with Crippen LogP contribution in [0, 0.1) is 5.82 Å². The summed E-state index contributed by atoms with van der Waals surface area (Å²) in [5, 5.41) is 6.68. The summed E-state index contributed by atoms with van der Waals surface area (Å²) in [6.07, 6.45) is 0. The number of nitrogens with one attached hydrogen (secondary N) is 1. The molecule has 1 saturated heterocycles. The van der Waals surface area contributed by atoms with Crippen LogP contribution in [0.4, 0.5) is 14.9 Å². The van der Waals surface area contributed by atoms with Gasteiger partial charge in [-0.05, 0) is 34.5 Å². The number of halogens is 1. The Hall–Kier alpha value is -2.41. The van der Waals surface area contributed by atoms with Gasteiger partial charge in [0.2, 0.25) is 5.91 Å². The molecular weight excluding hydrogens is 317 g/mol. The molecule has 1 fully saturated rings. The second kappa shape index (κ2) is 6.78. The van der Waals surface area contributed by atoms with Crippen LogP contribution < -0.4 is 10.2 Å². The largest absolute Gasteiger partial charge is 0.350 e. The molecular formula is C16H16FN3O2S. The molecule has 0 saturated carbocycles. The number of nitrogens with zero attached hydrogens (tertiary/aromatic N) is 2. The Balaban J connectivity index is 1.57. The first-order valence-electron chi connectivity index (χ1n) is 7.24. The van der Waals surface area contributed by atoms with E-state index in [2.05, 4.69) is 5.32 Å². The Morgan fingerprint density at radius 2 is 2.09 bits per heavy atom. The van der Waals surface area contributed by atoms with E-state index in [1.54, 1.807) is 29.5 Å². The molecule has 3 rings (SSSR count). The first-order chi connectivity index (χ1) is 11.1. The first kappa shape index (κ1) is 15.5. The number of thiophene rings is 1. The molecule has 1 N–H and O–H groups in total. The SMILES string of the molecule is O=C(CN1CCN(c2ccccc2F)C1=O)NCc1ccsc1. The number of urea groups is 1. The van der Waals surface area contributed by atoms with Gasteiger partial charge >= 0.3 is 6.03 Å². The molecule has 3 amide bonds. The molecule has 1 aromatic carbocycles. The number of hydrogen-bond acceptors (Lipinski definition) is 3. The maximum absolute atomic E-state index is 13.8. The van der Waals surface area contributed by atoms with Crippen molar-refractivity contribution in [2.24, 2.45) is 0 Å². The van der Waals surface area contributed by atoms with Crippen LogP contribution in [0.25, 0.3) is 0 Å². The Kier molecular flexibility index (Phi) is 4.57. The molecule has 2 heterocycles. The van der Waals surface area contributed by atoms with Gasteiger partial charge in [-0.3, -0.25) is 9.69 Å². The van der Waals surface area contributed by atoms with E-state index >= 15 is 0 Å². The summed E-state index contributed by atoms with van der Waals surface area (Å²) in [6, 6.07) is 7.73. The van der Waals surface area contributed by atoms with Crippen molar-refractivity contribution in [2.45, 2.75) is 6.54 Å². The van der Waals surface area contributed by atoms with Crippen molar-refractivity contribution in [1.82, 2.24) is 10.2 Å². The van der Waals surface area contributed by atoms with E-state index in [1.165, 1.54) is 15.9 Å². The molecule has 1 aliphatic heterocycles. The van der Waals surface area contributed by atoms with Crippen LogP contribution in [0.15, 0.2) is 41.1 Å². The van der Waals surface area contributed by atoms with Crippen LogP contribution in [-0.2, 0) is 11.3 Å². The highest BCUT2D eigenvalue weighted by Gasteiger charge is 2.31. The van der Waals surface area contributed by atoms with Gasteiger partial charge in [-0.15, -0.1) is 0 Å². The van der Waals surface area contributed by atoms with Crippen LogP contribution in [-0.4, -0.2) is 36.5 Å². The second-order valence-electron chi connectivity index (χ2n) is 5.22. The van der Waals surface area contributed by atoms with E-state index in [-0.39, 0.29) is 24.2 Å². The van der Waals surface area contributed by atoms with Gasteiger partial charge in [0, 0.05) is 19.6 Å².